The lowest BCUT2D eigenvalue weighted by Gasteiger charge is -2.09. The van der Waals surface area contributed by atoms with E-state index in [2.05, 4.69) is 35.0 Å². The van der Waals surface area contributed by atoms with Crippen LogP contribution in [-0.2, 0) is 6.54 Å². The maximum atomic E-state index is 5.42. The van der Waals surface area contributed by atoms with E-state index in [9.17, 15) is 0 Å². The molecule has 3 heteroatoms. The van der Waals surface area contributed by atoms with Gasteiger partial charge in [0.15, 0.2) is 11.5 Å². The minimum atomic E-state index is 0.343. The highest BCUT2D eigenvalue weighted by Gasteiger charge is 2.26. The van der Waals surface area contributed by atoms with Crippen LogP contribution in [0.4, 0.5) is 0 Å². The lowest BCUT2D eigenvalue weighted by molar-refractivity contribution is 0.174. The van der Waals surface area contributed by atoms with Crippen LogP contribution in [0.25, 0.3) is 0 Å². The van der Waals surface area contributed by atoms with Gasteiger partial charge in [-0.05, 0) is 48.6 Å². The Hall–Kier alpha value is -1.90. The second-order valence-electron chi connectivity index (χ2n) is 5.02. The Morgan fingerprint density at radius 1 is 1.11 bits per heavy atom. The number of benzene rings is 1. The number of nitrogens with zero attached hydrogens (tertiary/aromatic N) is 1. The molecule has 2 aromatic rings. The molecular weight excluding hydrogens is 226 g/mol. The number of hydrogen-bond acceptors (Lipinski definition) is 2. The highest BCUT2D eigenvalue weighted by atomic mass is 16.7. The van der Waals surface area contributed by atoms with E-state index in [1.165, 1.54) is 24.1 Å². The van der Waals surface area contributed by atoms with Crippen LogP contribution in [0.2, 0.25) is 0 Å². The monoisotopic (exact) mass is 241 g/mol. The predicted octanol–water partition coefficient (Wildman–Crippen LogP) is 3.14. The average Bonchev–Trinajstić information content (AvgIpc) is 2.95. The smallest absolute Gasteiger partial charge is 0.231 e. The normalized spacial score (nSPS) is 17.1. The summed E-state index contributed by atoms with van der Waals surface area (Å²) in [7, 11) is 0. The van der Waals surface area contributed by atoms with Crippen LogP contribution in [0.15, 0.2) is 36.5 Å². The minimum Gasteiger partial charge on any atom is -0.454 e. The molecule has 1 fully saturated rings. The molecule has 0 N–H and O–H groups in total. The van der Waals surface area contributed by atoms with Crippen LogP contribution < -0.4 is 9.47 Å². The van der Waals surface area contributed by atoms with Gasteiger partial charge in [-0.1, -0.05) is 6.07 Å². The summed E-state index contributed by atoms with van der Waals surface area (Å²) in [5, 5.41) is 0. The molecule has 1 saturated carbocycles. The molecule has 3 nitrogen and oxygen atoms in total. The van der Waals surface area contributed by atoms with Crippen molar-refractivity contribution in [3.05, 3.63) is 47.8 Å². The first-order valence-electron chi connectivity index (χ1n) is 6.44. The topological polar surface area (TPSA) is 23.4 Å². The van der Waals surface area contributed by atoms with E-state index in [1.54, 1.807) is 0 Å². The fourth-order valence-corrected chi connectivity index (χ4v) is 2.56. The van der Waals surface area contributed by atoms with Gasteiger partial charge in [0.25, 0.3) is 0 Å². The van der Waals surface area contributed by atoms with E-state index in [4.69, 9.17) is 9.47 Å². The molecule has 0 atom stereocenters. The number of aromatic nitrogens is 1. The molecule has 2 heterocycles. The van der Waals surface area contributed by atoms with Crippen LogP contribution in [0.5, 0.6) is 11.5 Å². The van der Waals surface area contributed by atoms with Gasteiger partial charge in [-0.3, -0.25) is 0 Å². The van der Waals surface area contributed by atoms with Crippen molar-refractivity contribution < 1.29 is 9.47 Å². The molecule has 0 radical (unpaired) electrons. The van der Waals surface area contributed by atoms with Crippen molar-refractivity contribution in [2.75, 3.05) is 6.79 Å². The van der Waals surface area contributed by atoms with Gasteiger partial charge in [0.1, 0.15) is 0 Å². The van der Waals surface area contributed by atoms with Gasteiger partial charge in [0, 0.05) is 18.4 Å². The van der Waals surface area contributed by atoms with E-state index in [0.717, 1.165) is 24.0 Å². The molecule has 0 bridgehead atoms. The zero-order valence-corrected chi connectivity index (χ0v) is 10.1. The quantitative estimate of drug-likeness (QED) is 0.824. The number of ether oxygens (including phenoxy) is 2. The SMILES string of the molecule is c1cc(C2CC2)n(Cc2ccc3c(c2)OCO3)c1. The molecule has 2 aliphatic rings. The van der Waals surface area contributed by atoms with Crippen molar-refractivity contribution >= 4 is 0 Å². The summed E-state index contributed by atoms with van der Waals surface area (Å²) in [6, 6.07) is 10.6. The molecule has 1 aliphatic heterocycles. The third-order valence-electron chi connectivity index (χ3n) is 3.65. The van der Waals surface area contributed by atoms with Gasteiger partial charge < -0.3 is 14.0 Å². The van der Waals surface area contributed by atoms with Crippen LogP contribution in [0.3, 0.4) is 0 Å². The average molecular weight is 241 g/mol. The van der Waals surface area contributed by atoms with Crippen LogP contribution >= 0.6 is 0 Å². The first-order chi connectivity index (χ1) is 8.90. The Morgan fingerprint density at radius 3 is 2.89 bits per heavy atom. The van der Waals surface area contributed by atoms with Crippen molar-refractivity contribution in [3.8, 4) is 11.5 Å². The largest absolute Gasteiger partial charge is 0.454 e. The summed E-state index contributed by atoms with van der Waals surface area (Å²) in [4.78, 5) is 0. The number of hydrogen-bond donors (Lipinski definition) is 0. The number of rotatable bonds is 3. The molecule has 1 aromatic heterocycles. The summed E-state index contributed by atoms with van der Waals surface area (Å²) in [6.07, 6.45) is 4.84. The van der Waals surface area contributed by atoms with Crippen LogP contribution in [0, 0.1) is 0 Å². The maximum Gasteiger partial charge on any atom is 0.231 e. The Kier molecular flexibility index (Phi) is 2.13. The lowest BCUT2D eigenvalue weighted by Crippen LogP contribution is -2.02. The van der Waals surface area contributed by atoms with E-state index < -0.39 is 0 Å². The summed E-state index contributed by atoms with van der Waals surface area (Å²) in [5.74, 6) is 2.51. The standard InChI is InChI=1S/C15H15NO2/c1-2-13(12-4-5-12)16(7-1)9-11-3-6-14-15(8-11)18-10-17-14/h1-3,6-8,12H,4-5,9-10H2. The lowest BCUT2D eigenvalue weighted by atomic mass is 10.2. The minimum absolute atomic E-state index is 0.343. The third-order valence-corrected chi connectivity index (χ3v) is 3.65. The predicted molar refractivity (Wildman–Crippen MR) is 68.1 cm³/mol. The van der Waals surface area contributed by atoms with Crippen molar-refractivity contribution in [1.82, 2.24) is 4.57 Å². The van der Waals surface area contributed by atoms with Gasteiger partial charge in [-0.15, -0.1) is 0 Å². The van der Waals surface area contributed by atoms with Gasteiger partial charge in [-0.2, -0.15) is 0 Å². The molecule has 0 unspecified atom stereocenters. The summed E-state index contributed by atoms with van der Waals surface area (Å²) < 4.78 is 13.1. The van der Waals surface area contributed by atoms with Crippen LogP contribution in [0.1, 0.15) is 30.0 Å². The van der Waals surface area contributed by atoms with Crippen molar-refractivity contribution in [2.45, 2.75) is 25.3 Å². The van der Waals surface area contributed by atoms with Crippen LogP contribution in [-0.4, -0.2) is 11.4 Å². The molecule has 0 spiro atoms. The molecule has 18 heavy (non-hydrogen) atoms. The van der Waals surface area contributed by atoms with E-state index in [1.807, 2.05) is 6.07 Å². The summed E-state index contributed by atoms with van der Waals surface area (Å²) in [5.41, 5.74) is 2.73. The van der Waals surface area contributed by atoms with Gasteiger partial charge in [0.05, 0.1) is 0 Å². The number of fused-ring (bicyclic) bond motifs is 1. The first-order valence-corrected chi connectivity index (χ1v) is 6.44. The van der Waals surface area contributed by atoms with Crippen molar-refractivity contribution in [3.63, 3.8) is 0 Å². The van der Waals surface area contributed by atoms with Crippen molar-refractivity contribution in [2.24, 2.45) is 0 Å². The molecule has 0 amide bonds. The third kappa shape index (κ3) is 1.67. The molecule has 1 aliphatic carbocycles. The van der Waals surface area contributed by atoms with E-state index in [0.29, 0.717) is 6.79 Å². The molecule has 4 rings (SSSR count). The second-order valence-corrected chi connectivity index (χ2v) is 5.02. The Balaban J connectivity index is 1.62. The fourth-order valence-electron chi connectivity index (χ4n) is 2.56. The zero-order chi connectivity index (χ0) is 11.9. The highest BCUT2D eigenvalue weighted by molar-refractivity contribution is 5.44. The molecule has 0 saturated heterocycles. The van der Waals surface area contributed by atoms with Gasteiger partial charge >= 0.3 is 0 Å². The first kappa shape index (κ1) is 10.1. The zero-order valence-electron chi connectivity index (χ0n) is 10.1. The molecule has 1 aromatic carbocycles. The Morgan fingerprint density at radius 2 is 2.00 bits per heavy atom. The van der Waals surface area contributed by atoms with Gasteiger partial charge in [0.2, 0.25) is 6.79 Å². The Bertz CT molecular complexity index is 584. The van der Waals surface area contributed by atoms with E-state index >= 15 is 0 Å². The summed E-state index contributed by atoms with van der Waals surface area (Å²) >= 11 is 0. The fraction of sp³-hybridized carbons (Fsp3) is 0.333. The van der Waals surface area contributed by atoms with E-state index in [-0.39, 0.29) is 0 Å². The Labute approximate surface area is 106 Å². The molecular formula is C15H15NO2. The van der Waals surface area contributed by atoms with Gasteiger partial charge in [-0.25, -0.2) is 0 Å². The molecule has 92 valence electrons. The maximum absolute atomic E-state index is 5.42. The highest BCUT2D eigenvalue weighted by Crippen LogP contribution is 2.40. The van der Waals surface area contributed by atoms with Crippen molar-refractivity contribution in [1.29, 1.82) is 0 Å². The summed E-state index contributed by atoms with van der Waals surface area (Å²) in [6.45, 7) is 1.26. The second kappa shape index (κ2) is 3.80.